The standard InChI is InChI=1S/C17H30N2O5/c1-13(2)19(17(21)15-6-4-10-24-15)8-12-22-11-7-18-16(20)14-5-3-9-23-14/h13-15H,3-12H2,1-2H3,(H,18,20)/t14-,15-/m0/s1. The molecule has 7 heteroatoms. The number of amides is 2. The largest absolute Gasteiger partial charge is 0.378 e. The van der Waals surface area contributed by atoms with Gasteiger partial charge in [0, 0.05) is 32.3 Å². The molecule has 2 amide bonds. The topological polar surface area (TPSA) is 77.1 Å². The van der Waals surface area contributed by atoms with Crippen LogP contribution in [0, 0.1) is 0 Å². The summed E-state index contributed by atoms with van der Waals surface area (Å²) in [7, 11) is 0. The van der Waals surface area contributed by atoms with Gasteiger partial charge in [0.2, 0.25) is 5.91 Å². The third-order valence-electron chi connectivity index (χ3n) is 4.36. The normalized spacial score (nSPS) is 23.6. The monoisotopic (exact) mass is 342 g/mol. The average Bonchev–Trinajstić information content (AvgIpc) is 3.25. The fourth-order valence-corrected chi connectivity index (χ4v) is 2.99. The van der Waals surface area contributed by atoms with Crippen molar-refractivity contribution in [3.8, 4) is 0 Å². The van der Waals surface area contributed by atoms with Gasteiger partial charge in [0.05, 0.1) is 13.2 Å². The molecule has 138 valence electrons. The van der Waals surface area contributed by atoms with Gasteiger partial charge in [0.15, 0.2) is 0 Å². The molecule has 0 saturated carbocycles. The van der Waals surface area contributed by atoms with Crippen LogP contribution in [0.25, 0.3) is 0 Å². The Morgan fingerprint density at radius 1 is 1.12 bits per heavy atom. The lowest BCUT2D eigenvalue weighted by molar-refractivity contribution is -0.143. The van der Waals surface area contributed by atoms with Crippen molar-refractivity contribution in [2.75, 3.05) is 39.5 Å². The number of ether oxygens (including phenoxy) is 3. The summed E-state index contributed by atoms with van der Waals surface area (Å²) in [6, 6.07) is 0.115. The predicted octanol–water partition coefficient (Wildman–Crippen LogP) is 0.714. The molecule has 0 aromatic carbocycles. The molecule has 0 bridgehead atoms. The maximum absolute atomic E-state index is 12.4. The van der Waals surface area contributed by atoms with Crippen LogP contribution in [0.3, 0.4) is 0 Å². The van der Waals surface area contributed by atoms with Crippen LogP contribution >= 0.6 is 0 Å². The molecule has 0 aromatic rings. The van der Waals surface area contributed by atoms with Gasteiger partial charge in [-0.25, -0.2) is 0 Å². The highest BCUT2D eigenvalue weighted by molar-refractivity contribution is 5.81. The van der Waals surface area contributed by atoms with Crippen molar-refractivity contribution in [1.29, 1.82) is 0 Å². The first-order chi connectivity index (χ1) is 11.6. The maximum atomic E-state index is 12.4. The van der Waals surface area contributed by atoms with Gasteiger partial charge in [-0.05, 0) is 39.5 Å². The van der Waals surface area contributed by atoms with E-state index in [1.54, 1.807) is 4.90 Å². The third kappa shape index (κ3) is 5.72. The second-order valence-electron chi connectivity index (χ2n) is 6.53. The molecular formula is C17H30N2O5. The second-order valence-corrected chi connectivity index (χ2v) is 6.53. The average molecular weight is 342 g/mol. The zero-order chi connectivity index (χ0) is 17.4. The van der Waals surface area contributed by atoms with E-state index in [0.29, 0.717) is 39.5 Å². The first kappa shape index (κ1) is 19.1. The summed E-state index contributed by atoms with van der Waals surface area (Å²) in [4.78, 5) is 26.0. The van der Waals surface area contributed by atoms with Crippen molar-refractivity contribution in [1.82, 2.24) is 10.2 Å². The number of hydrogen-bond donors (Lipinski definition) is 1. The Bertz CT molecular complexity index is 404. The van der Waals surface area contributed by atoms with Gasteiger partial charge in [-0.1, -0.05) is 0 Å². The number of nitrogens with one attached hydrogen (secondary N) is 1. The van der Waals surface area contributed by atoms with E-state index >= 15 is 0 Å². The van der Waals surface area contributed by atoms with Crippen LogP contribution in [-0.2, 0) is 23.8 Å². The van der Waals surface area contributed by atoms with Crippen LogP contribution < -0.4 is 5.32 Å². The van der Waals surface area contributed by atoms with Crippen molar-refractivity contribution in [3.63, 3.8) is 0 Å². The lowest BCUT2D eigenvalue weighted by Crippen LogP contribution is -2.45. The van der Waals surface area contributed by atoms with Gasteiger partial charge in [0.1, 0.15) is 12.2 Å². The number of carbonyl (C=O) groups excluding carboxylic acids is 2. The zero-order valence-electron chi connectivity index (χ0n) is 14.8. The van der Waals surface area contributed by atoms with Gasteiger partial charge in [0.25, 0.3) is 5.91 Å². The van der Waals surface area contributed by atoms with Gasteiger partial charge in [-0.2, -0.15) is 0 Å². The Labute approximate surface area is 144 Å². The third-order valence-corrected chi connectivity index (χ3v) is 4.36. The minimum Gasteiger partial charge on any atom is -0.378 e. The van der Waals surface area contributed by atoms with Crippen molar-refractivity contribution in [2.24, 2.45) is 0 Å². The van der Waals surface area contributed by atoms with Gasteiger partial charge >= 0.3 is 0 Å². The van der Waals surface area contributed by atoms with Crippen LogP contribution in [0.2, 0.25) is 0 Å². The summed E-state index contributed by atoms with van der Waals surface area (Å²) in [5.41, 5.74) is 0. The predicted molar refractivity (Wildman–Crippen MR) is 88.6 cm³/mol. The summed E-state index contributed by atoms with van der Waals surface area (Å²) in [6.45, 7) is 7.20. The SMILES string of the molecule is CC(C)N(CCOCCNC(=O)[C@@H]1CCCO1)C(=O)[C@@H]1CCCO1. The molecule has 24 heavy (non-hydrogen) atoms. The van der Waals surface area contributed by atoms with E-state index in [4.69, 9.17) is 14.2 Å². The Hall–Kier alpha value is -1.18. The highest BCUT2D eigenvalue weighted by atomic mass is 16.5. The lowest BCUT2D eigenvalue weighted by atomic mass is 10.2. The van der Waals surface area contributed by atoms with Gasteiger partial charge < -0.3 is 24.4 Å². The highest BCUT2D eigenvalue weighted by Gasteiger charge is 2.29. The zero-order valence-corrected chi connectivity index (χ0v) is 14.8. The molecule has 0 spiro atoms. The molecule has 0 unspecified atom stereocenters. The van der Waals surface area contributed by atoms with E-state index in [9.17, 15) is 9.59 Å². The first-order valence-electron chi connectivity index (χ1n) is 8.98. The van der Waals surface area contributed by atoms with E-state index in [1.807, 2.05) is 13.8 Å². The number of carbonyl (C=O) groups is 2. The summed E-state index contributed by atoms with van der Waals surface area (Å²) < 4.78 is 16.3. The summed E-state index contributed by atoms with van der Waals surface area (Å²) in [5.74, 6) is -0.00810. The van der Waals surface area contributed by atoms with Crippen LogP contribution in [0.4, 0.5) is 0 Å². The van der Waals surface area contributed by atoms with Crippen molar-refractivity contribution in [3.05, 3.63) is 0 Å². The first-order valence-corrected chi connectivity index (χ1v) is 8.98. The van der Waals surface area contributed by atoms with E-state index in [-0.39, 0.29) is 30.1 Å². The molecule has 7 nitrogen and oxygen atoms in total. The number of hydrogen-bond acceptors (Lipinski definition) is 5. The van der Waals surface area contributed by atoms with Crippen LogP contribution in [0.15, 0.2) is 0 Å². The fraction of sp³-hybridized carbons (Fsp3) is 0.882. The molecule has 2 aliphatic heterocycles. The molecule has 1 N–H and O–H groups in total. The Morgan fingerprint density at radius 2 is 1.79 bits per heavy atom. The van der Waals surface area contributed by atoms with Crippen molar-refractivity contribution < 1.29 is 23.8 Å². The van der Waals surface area contributed by atoms with Crippen molar-refractivity contribution in [2.45, 2.75) is 57.8 Å². The summed E-state index contributed by atoms with van der Waals surface area (Å²) >= 11 is 0. The van der Waals surface area contributed by atoms with Crippen LogP contribution in [0.5, 0.6) is 0 Å². The van der Waals surface area contributed by atoms with Crippen molar-refractivity contribution >= 4 is 11.8 Å². The maximum Gasteiger partial charge on any atom is 0.252 e. The van der Waals surface area contributed by atoms with Gasteiger partial charge in [-0.15, -0.1) is 0 Å². The minimum atomic E-state index is -0.300. The van der Waals surface area contributed by atoms with E-state index in [2.05, 4.69) is 5.32 Å². The second kappa shape index (κ2) is 9.96. The van der Waals surface area contributed by atoms with E-state index in [1.165, 1.54) is 0 Å². The van der Waals surface area contributed by atoms with Crippen LogP contribution in [-0.4, -0.2) is 74.5 Å². The van der Waals surface area contributed by atoms with Crippen LogP contribution in [0.1, 0.15) is 39.5 Å². The number of rotatable bonds is 9. The molecule has 2 atom stereocenters. The van der Waals surface area contributed by atoms with E-state index < -0.39 is 0 Å². The molecule has 2 rings (SSSR count). The molecule has 2 aliphatic rings. The fourth-order valence-electron chi connectivity index (χ4n) is 2.99. The molecule has 0 aromatic heterocycles. The molecule has 2 fully saturated rings. The Kier molecular flexibility index (Phi) is 7.94. The van der Waals surface area contributed by atoms with Gasteiger partial charge in [-0.3, -0.25) is 9.59 Å². The highest BCUT2D eigenvalue weighted by Crippen LogP contribution is 2.16. The summed E-state index contributed by atoms with van der Waals surface area (Å²) in [6.07, 6.45) is 2.89. The molecule has 0 aliphatic carbocycles. The molecular weight excluding hydrogens is 312 g/mol. The minimum absolute atomic E-state index is 0.0535. The quantitative estimate of drug-likeness (QED) is 0.625. The Balaban J connectivity index is 1.58. The smallest absolute Gasteiger partial charge is 0.252 e. The number of nitrogens with zero attached hydrogens (tertiary/aromatic N) is 1. The Morgan fingerprint density at radius 3 is 2.38 bits per heavy atom. The molecule has 0 radical (unpaired) electrons. The lowest BCUT2D eigenvalue weighted by Gasteiger charge is -2.29. The van der Waals surface area contributed by atoms with E-state index in [0.717, 1.165) is 25.7 Å². The summed E-state index contributed by atoms with van der Waals surface area (Å²) in [5, 5.41) is 2.81. The molecule has 2 saturated heterocycles. The molecule has 2 heterocycles.